The van der Waals surface area contributed by atoms with Gasteiger partial charge in [0.1, 0.15) is 5.71 Å². The Morgan fingerprint density at radius 1 is 1.10 bits per heavy atom. The van der Waals surface area contributed by atoms with Crippen molar-refractivity contribution in [2.75, 3.05) is 12.4 Å². The molecule has 2 aliphatic carbocycles. The number of fused-ring (bicyclic) bond motifs is 3. The first-order valence-electron chi connectivity index (χ1n) is 10.7. The molecule has 5 rings (SSSR count). The van der Waals surface area contributed by atoms with E-state index in [0.717, 1.165) is 18.5 Å². The van der Waals surface area contributed by atoms with Gasteiger partial charge in [-0.05, 0) is 31.2 Å². The molecule has 1 saturated carbocycles. The molecule has 1 fully saturated rings. The summed E-state index contributed by atoms with van der Waals surface area (Å²) in [4.78, 5) is 22.6. The van der Waals surface area contributed by atoms with Crippen LogP contribution < -0.4 is 5.32 Å². The Kier molecular flexibility index (Phi) is 4.78. The molecule has 29 heavy (non-hydrogen) atoms. The van der Waals surface area contributed by atoms with E-state index in [4.69, 9.17) is 4.98 Å². The molecular weight excluding hydrogens is 362 g/mol. The molecule has 1 aromatic heterocycles. The van der Waals surface area contributed by atoms with Gasteiger partial charge in [0.15, 0.2) is 0 Å². The summed E-state index contributed by atoms with van der Waals surface area (Å²) in [5.74, 6) is 0.827. The van der Waals surface area contributed by atoms with E-state index in [1.807, 2.05) is 48.6 Å². The van der Waals surface area contributed by atoms with E-state index < -0.39 is 0 Å². The van der Waals surface area contributed by atoms with Crippen LogP contribution in [0.25, 0.3) is 0 Å². The van der Waals surface area contributed by atoms with Crippen LogP contribution in [0.15, 0.2) is 41.6 Å². The smallest absolute Gasteiger partial charge is 0.223 e. The Morgan fingerprint density at radius 3 is 2.69 bits per heavy atom. The maximum atomic E-state index is 13.1. The quantitative estimate of drug-likeness (QED) is 0.800. The first-order chi connectivity index (χ1) is 14.2. The molecule has 2 aromatic rings. The second-order valence-electron chi connectivity index (χ2n) is 8.43. The van der Waals surface area contributed by atoms with Crippen molar-refractivity contribution in [2.45, 2.75) is 57.0 Å². The van der Waals surface area contributed by atoms with Gasteiger partial charge in [0.2, 0.25) is 11.7 Å². The molecule has 1 aliphatic heterocycles. The summed E-state index contributed by atoms with van der Waals surface area (Å²) >= 11 is 0. The molecule has 6 nitrogen and oxygen atoms in total. The van der Waals surface area contributed by atoms with E-state index in [1.165, 1.54) is 37.7 Å². The maximum Gasteiger partial charge on any atom is 0.223 e. The van der Waals surface area contributed by atoms with Gasteiger partial charge in [-0.3, -0.25) is 9.80 Å². The monoisotopic (exact) mass is 389 g/mol. The van der Waals surface area contributed by atoms with Crippen molar-refractivity contribution >= 4 is 17.4 Å². The summed E-state index contributed by atoms with van der Waals surface area (Å²) in [5, 5.41) is 10.1. The molecule has 0 amide bonds. The minimum Gasteiger partial charge on any atom is -0.351 e. The van der Waals surface area contributed by atoms with Crippen molar-refractivity contribution in [1.29, 1.82) is 0 Å². The molecule has 0 bridgehead atoms. The van der Waals surface area contributed by atoms with Crippen LogP contribution in [-0.4, -0.2) is 39.6 Å². The van der Waals surface area contributed by atoms with E-state index in [0.29, 0.717) is 23.3 Å². The fourth-order valence-corrected chi connectivity index (χ4v) is 5.01. The van der Waals surface area contributed by atoms with Gasteiger partial charge in [0.25, 0.3) is 0 Å². The summed E-state index contributed by atoms with van der Waals surface area (Å²) < 4.78 is 0. The molecular formula is C23H27N5O. The van der Waals surface area contributed by atoms with Crippen LogP contribution >= 0.6 is 0 Å². The minimum atomic E-state index is 0.0105. The van der Waals surface area contributed by atoms with E-state index in [9.17, 15) is 4.79 Å². The lowest BCUT2D eigenvalue weighted by atomic mass is 9.79. The summed E-state index contributed by atoms with van der Waals surface area (Å²) in [6, 6.07) is 9.93. The average molecular weight is 390 g/mol. The first kappa shape index (κ1) is 18.3. The lowest BCUT2D eigenvalue weighted by Gasteiger charge is -2.31. The second kappa shape index (κ2) is 7.58. The summed E-state index contributed by atoms with van der Waals surface area (Å²) in [7, 11) is 1.95. The normalized spacial score (nSPS) is 23.9. The van der Waals surface area contributed by atoms with Gasteiger partial charge < -0.3 is 5.32 Å². The lowest BCUT2D eigenvalue weighted by Crippen LogP contribution is -2.32. The number of carbonyl (C=O) groups is 1. The number of Topliss-reactive ketones (excluding diaryl/α,β-unsaturated/α-hetero) is 1. The average Bonchev–Trinajstić information content (AvgIpc) is 3.11. The third-order valence-corrected chi connectivity index (χ3v) is 6.51. The van der Waals surface area contributed by atoms with Crippen LogP contribution in [-0.2, 0) is 6.42 Å². The molecule has 0 saturated heterocycles. The van der Waals surface area contributed by atoms with Gasteiger partial charge in [0, 0.05) is 30.8 Å². The zero-order valence-corrected chi connectivity index (χ0v) is 16.8. The van der Waals surface area contributed by atoms with E-state index in [-0.39, 0.29) is 17.7 Å². The Morgan fingerprint density at radius 2 is 1.90 bits per heavy atom. The number of rotatable bonds is 4. The van der Waals surface area contributed by atoms with Crippen molar-refractivity contribution < 1.29 is 4.79 Å². The second-order valence-corrected chi connectivity index (χ2v) is 8.43. The first-order valence-corrected chi connectivity index (χ1v) is 10.7. The molecule has 1 aromatic carbocycles. The van der Waals surface area contributed by atoms with Crippen molar-refractivity contribution in [3.05, 3.63) is 53.3 Å². The number of ketones is 1. The number of hydrazone groups is 1. The SMILES string of the molecule is CN1N=C(C(=O)c2ccccc2)C2CCc3cnc(NC4CCCCC4)nc3C21. The number of benzene rings is 1. The van der Waals surface area contributed by atoms with Gasteiger partial charge in [-0.15, -0.1) is 0 Å². The third-order valence-electron chi connectivity index (χ3n) is 6.51. The van der Waals surface area contributed by atoms with Crippen LogP contribution in [0.5, 0.6) is 0 Å². The molecule has 3 aliphatic rings. The highest BCUT2D eigenvalue weighted by molar-refractivity contribution is 6.47. The standard InChI is InChI=1S/C23H27N5O/c1-28-21-18(20(27-28)22(29)15-8-4-2-5-9-15)13-12-16-14-24-23(26-19(16)21)25-17-10-6-3-7-11-17/h2,4-5,8-9,14,17-18,21H,3,6-7,10-13H2,1H3,(H,24,25,26). The van der Waals surface area contributed by atoms with E-state index in [1.54, 1.807) is 0 Å². The van der Waals surface area contributed by atoms with Crippen LogP contribution in [0.1, 0.15) is 66.2 Å². The number of aryl methyl sites for hydroxylation is 1. The van der Waals surface area contributed by atoms with Crippen molar-refractivity contribution in [1.82, 2.24) is 15.0 Å². The highest BCUT2D eigenvalue weighted by Crippen LogP contribution is 2.42. The van der Waals surface area contributed by atoms with Gasteiger partial charge in [-0.2, -0.15) is 5.10 Å². The molecule has 150 valence electrons. The number of anilines is 1. The Hall–Kier alpha value is -2.76. The zero-order valence-electron chi connectivity index (χ0n) is 16.8. The number of nitrogens with one attached hydrogen (secondary N) is 1. The number of carbonyl (C=O) groups excluding carboxylic acids is 1. The van der Waals surface area contributed by atoms with Gasteiger partial charge >= 0.3 is 0 Å². The Balaban J connectivity index is 1.41. The van der Waals surface area contributed by atoms with Crippen molar-refractivity contribution in [3.8, 4) is 0 Å². The van der Waals surface area contributed by atoms with Crippen LogP contribution in [0.3, 0.4) is 0 Å². The number of hydrogen-bond donors (Lipinski definition) is 1. The summed E-state index contributed by atoms with van der Waals surface area (Å²) in [6.45, 7) is 0. The van der Waals surface area contributed by atoms with Gasteiger partial charge in [-0.25, -0.2) is 9.97 Å². The molecule has 0 spiro atoms. The molecule has 1 N–H and O–H groups in total. The topological polar surface area (TPSA) is 70.5 Å². The van der Waals surface area contributed by atoms with Crippen LogP contribution in [0.4, 0.5) is 5.95 Å². The maximum absolute atomic E-state index is 13.1. The predicted molar refractivity (Wildman–Crippen MR) is 113 cm³/mol. The Bertz CT molecular complexity index is 936. The molecule has 2 atom stereocenters. The van der Waals surface area contributed by atoms with Crippen molar-refractivity contribution in [3.63, 3.8) is 0 Å². The predicted octanol–water partition coefficient (Wildman–Crippen LogP) is 4.01. The highest BCUT2D eigenvalue weighted by atomic mass is 16.1. The summed E-state index contributed by atoms with van der Waals surface area (Å²) in [5.41, 5.74) is 3.57. The molecule has 0 radical (unpaired) electrons. The molecule has 6 heteroatoms. The van der Waals surface area contributed by atoms with Gasteiger partial charge in [-0.1, -0.05) is 49.6 Å². The van der Waals surface area contributed by atoms with Gasteiger partial charge in [0.05, 0.1) is 11.7 Å². The van der Waals surface area contributed by atoms with E-state index >= 15 is 0 Å². The molecule has 2 unspecified atom stereocenters. The zero-order chi connectivity index (χ0) is 19.8. The van der Waals surface area contributed by atoms with E-state index in [2.05, 4.69) is 15.4 Å². The third kappa shape index (κ3) is 3.41. The van der Waals surface area contributed by atoms with Crippen LogP contribution in [0.2, 0.25) is 0 Å². The van der Waals surface area contributed by atoms with Crippen LogP contribution in [0, 0.1) is 5.92 Å². The minimum absolute atomic E-state index is 0.0105. The number of aromatic nitrogens is 2. The fourth-order valence-electron chi connectivity index (χ4n) is 5.01. The lowest BCUT2D eigenvalue weighted by molar-refractivity contribution is 0.106. The largest absolute Gasteiger partial charge is 0.351 e. The van der Waals surface area contributed by atoms with Crippen molar-refractivity contribution in [2.24, 2.45) is 11.0 Å². The summed E-state index contributed by atoms with van der Waals surface area (Å²) in [6.07, 6.45) is 10.00. The fraction of sp³-hybridized carbons (Fsp3) is 0.478. The Labute approximate surface area is 171 Å². The number of hydrogen-bond acceptors (Lipinski definition) is 6. The number of nitrogens with zero attached hydrogens (tertiary/aromatic N) is 4. The highest BCUT2D eigenvalue weighted by Gasteiger charge is 2.44. The molecule has 2 heterocycles.